The highest BCUT2D eigenvalue weighted by atomic mass is 35.5. The minimum atomic E-state index is -4.48. The van der Waals surface area contributed by atoms with E-state index in [4.69, 9.17) is 4.74 Å². The van der Waals surface area contributed by atoms with E-state index in [0.29, 0.717) is 24.0 Å². The maximum Gasteiger partial charge on any atom is 0.417 e. The topological polar surface area (TPSA) is 72.0 Å². The minimum absolute atomic E-state index is 0. The van der Waals surface area contributed by atoms with Gasteiger partial charge in [0.25, 0.3) is 0 Å². The molecule has 5 nitrogen and oxygen atoms in total. The lowest BCUT2D eigenvalue weighted by Crippen LogP contribution is -3.00. The van der Waals surface area contributed by atoms with E-state index < -0.39 is 27.8 Å². The van der Waals surface area contributed by atoms with Gasteiger partial charge in [-0.25, -0.2) is 13.1 Å². The van der Waals surface area contributed by atoms with Gasteiger partial charge in [0.05, 0.1) is 25.4 Å². The monoisotopic (exact) mass is 458 g/mol. The highest BCUT2D eigenvalue weighted by molar-refractivity contribution is 7.88. The third kappa shape index (κ3) is 7.40. The minimum Gasteiger partial charge on any atom is -1.00 e. The van der Waals surface area contributed by atoms with Crippen molar-refractivity contribution in [3.63, 3.8) is 0 Å². The Labute approximate surface area is 177 Å². The van der Waals surface area contributed by atoms with E-state index in [0.717, 1.165) is 19.3 Å². The van der Waals surface area contributed by atoms with Gasteiger partial charge in [0.15, 0.2) is 5.60 Å². The van der Waals surface area contributed by atoms with Gasteiger partial charge in [-0.15, -0.1) is 0 Å². The van der Waals surface area contributed by atoms with Crippen molar-refractivity contribution >= 4 is 10.0 Å². The van der Waals surface area contributed by atoms with Crippen molar-refractivity contribution < 1.29 is 44.0 Å². The summed E-state index contributed by atoms with van der Waals surface area (Å²) in [6.07, 6.45) is -2.99. The zero-order valence-electron chi connectivity index (χ0n) is 16.9. The Morgan fingerprint density at radius 2 is 1.76 bits per heavy atom. The molecule has 0 bridgehead atoms. The molecule has 1 aromatic carbocycles. The Hall–Kier alpha value is -0.870. The maximum atomic E-state index is 14.0. The fourth-order valence-electron chi connectivity index (χ4n) is 3.59. The van der Waals surface area contributed by atoms with E-state index in [2.05, 4.69) is 10.0 Å². The number of halogens is 4. The van der Waals surface area contributed by atoms with Gasteiger partial charge in [0, 0.05) is 25.3 Å². The number of rotatable bonds is 8. The molecule has 3 N–H and O–H groups in total. The molecule has 2 rings (SSSR count). The van der Waals surface area contributed by atoms with E-state index >= 15 is 0 Å². The Morgan fingerprint density at radius 3 is 2.21 bits per heavy atom. The number of hydrogen-bond donors (Lipinski definition) is 2. The third-order valence-electron chi connectivity index (χ3n) is 5.23. The molecular weight excluding hydrogens is 429 g/mol. The zero-order chi connectivity index (χ0) is 21.0. The van der Waals surface area contributed by atoms with Crippen LogP contribution in [0, 0.1) is 0 Å². The summed E-state index contributed by atoms with van der Waals surface area (Å²) in [5.74, 6) is 0. The number of nitrogens with two attached hydrogens (primary N) is 1. The molecule has 168 valence electrons. The van der Waals surface area contributed by atoms with Crippen molar-refractivity contribution in [2.45, 2.75) is 63.5 Å². The van der Waals surface area contributed by atoms with E-state index in [9.17, 15) is 21.6 Å². The first-order chi connectivity index (χ1) is 13.0. The first-order valence-corrected chi connectivity index (χ1v) is 11.5. The standard InChI is InChI=1S/C19H29F3N2O3S.ClH/c1-4-18(19(20,21)22,27-17-9-11-23-12-10-17)13-15-5-7-16(8-6-15)14(2)24-28(3,25)26;/h5-8,14,17,23-24H,4,9-13H2,1-3H3;1H/t14-,18?;/m1./s1. The summed E-state index contributed by atoms with van der Waals surface area (Å²) >= 11 is 0. The highest BCUT2D eigenvalue weighted by Gasteiger charge is 2.55. The van der Waals surface area contributed by atoms with Crippen LogP contribution in [0.5, 0.6) is 0 Å². The van der Waals surface area contributed by atoms with Gasteiger partial charge in [0.2, 0.25) is 10.0 Å². The van der Waals surface area contributed by atoms with Crippen LogP contribution in [0.25, 0.3) is 0 Å². The summed E-state index contributed by atoms with van der Waals surface area (Å²) in [5.41, 5.74) is -1.02. The van der Waals surface area contributed by atoms with Crippen molar-refractivity contribution in [2.75, 3.05) is 19.3 Å². The van der Waals surface area contributed by atoms with E-state index in [1.54, 1.807) is 31.2 Å². The van der Waals surface area contributed by atoms with Crippen LogP contribution in [0.4, 0.5) is 13.2 Å². The number of hydrogen-bond acceptors (Lipinski definition) is 3. The van der Waals surface area contributed by atoms with Gasteiger partial charge < -0.3 is 22.5 Å². The number of ether oxygens (including phenoxy) is 1. The number of sulfonamides is 1. The summed E-state index contributed by atoms with van der Waals surface area (Å²) < 4.78 is 72.9. The van der Waals surface area contributed by atoms with Crippen LogP contribution in [0.2, 0.25) is 0 Å². The molecule has 0 saturated carbocycles. The Balaban J connectivity index is 0.00000420. The fraction of sp³-hybridized carbons (Fsp3) is 0.684. The smallest absolute Gasteiger partial charge is 0.417 e. The van der Waals surface area contributed by atoms with Crippen molar-refractivity contribution in [3.8, 4) is 0 Å². The molecule has 1 aromatic rings. The summed E-state index contributed by atoms with van der Waals surface area (Å²) in [6, 6.07) is 6.08. The lowest BCUT2D eigenvalue weighted by molar-refractivity contribution is -0.666. The Morgan fingerprint density at radius 1 is 1.21 bits per heavy atom. The molecule has 0 radical (unpaired) electrons. The number of nitrogens with one attached hydrogen (secondary N) is 1. The van der Waals surface area contributed by atoms with Gasteiger partial charge in [0.1, 0.15) is 0 Å². The Bertz CT molecular complexity index is 738. The van der Waals surface area contributed by atoms with Crippen LogP contribution in [-0.2, 0) is 21.2 Å². The van der Waals surface area contributed by atoms with Crippen LogP contribution >= 0.6 is 0 Å². The fourth-order valence-corrected chi connectivity index (χ4v) is 4.37. The van der Waals surface area contributed by atoms with Crippen LogP contribution in [0.15, 0.2) is 24.3 Å². The molecule has 1 saturated heterocycles. The van der Waals surface area contributed by atoms with Crippen molar-refractivity contribution in [1.29, 1.82) is 0 Å². The second kappa shape index (κ2) is 10.4. The van der Waals surface area contributed by atoms with Gasteiger partial charge in [-0.2, -0.15) is 13.2 Å². The highest BCUT2D eigenvalue weighted by Crippen LogP contribution is 2.41. The van der Waals surface area contributed by atoms with Crippen molar-refractivity contribution in [2.24, 2.45) is 0 Å². The summed E-state index contributed by atoms with van der Waals surface area (Å²) in [5, 5.41) is 2.09. The lowest BCUT2D eigenvalue weighted by Gasteiger charge is -2.39. The van der Waals surface area contributed by atoms with E-state index in [1.165, 1.54) is 6.92 Å². The van der Waals surface area contributed by atoms with E-state index in [-0.39, 0.29) is 31.4 Å². The maximum absolute atomic E-state index is 14.0. The molecule has 0 aliphatic carbocycles. The summed E-state index contributed by atoms with van der Waals surface area (Å²) in [6.45, 7) is 4.75. The predicted octanol–water partition coefficient (Wildman–Crippen LogP) is -0.703. The summed E-state index contributed by atoms with van der Waals surface area (Å²) in [7, 11) is -3.37. The number of alkyl halides is 3. The quantitative estimate of drug-likeness (QED) is 0.541. The van der Waals surface area contributed by atoms with E-state index in [1.807, 2.05) is 0 Å². The molecule has 1 unspecified atom stereocenters. The summed E-state index contributed by atoms with van der Waals surface area (Å²) in [4.78, 5) is 0. The average molecular weight is 459 g/mol. The second-order valence-electron chi connectivity index (χ2n) is 7.56. The molecule has 2 atom stereocenters. The molecule has 1 heterocycles. The van der Waals surface area contributed by atoms with Gasteiger partial charge in [-0.3, -0.25) is 0 Å². The molecule has 0 spiro atoms. The first-order valence-electron chi connectivity index (χ1n) is 9.58. The first kappa shape index (κ1) is 26.2. The van der Waals surface area contributed by atoms with Gasteiger partial charge in [-0.05, 0) is 24.5 Å². The predicted molar refractivity (Wildman–Crippen MR) is 101 cm³/mol. The third-order valence-corrected chi connectivity index (χ3v) is 6.01. The largest absolute Gasteiger partial charge is 1.00 e. The Kier molecular flexibility index (Phi) is 9.42. The molecule has 10 heteroatoms. The molecule has 0 amide bonds. The molecule has 0 aromatic heterocycles. The van der Waals surface area contributed by atoms with Crippen LogP contribution in [0.1, 0.15) is 50.3 Å². The SMILES string of the molecule is CCC(Cc1ccc([C@@H](C)NS(C)(=O)=O)cc1)(OC1CC[NH2+]CC1)C(F)(F)F.[Cl-]. The number of benzene rings is 1. The normalized spacial score (nSPS) is 19.2. The van der Waals surface area contributed by atoms with Crippen LogP contribution in [0.3, 0.4) is 0 Å². The molecule has 1 aliphatic rings. The molecule has 1 aliphatic heterocycles. The lowest BCUT2D eigenvalue weighted by atomic mass is 9.89. The van der Waals surface area contributed by atoms with Crippen LogP contribution < -0.4 is 22.4 Å². The molecular formula is C19H30ClF3N2O3S. The number of piperidine rings is 1. The van der Waals surface area contributed by atoms with Gasteiger partial charge >= 0.3 is 6.18 Å². The zero-order valence-corrected chi connectivity index (χ0v) is 18.5. The molecule has 1 fully saturated rings. The van der Waals surface area contributed by atoms with Crippen molar-refractivity contribution in [3.05, 3.63) is 35.4 Å². The van der Waals surface area contributed by atoms with Gasteiger partial charge in [-0.1, -0.05) is 31.2 Å². The van der Waals surface area contributed by atoms with Crippen molar-refractivity contribution in [1.82, 2.24) is 4.72 Å². The van der Waals surface area contributed by atoms with Crippen LogP contribution in [-0.4, -0.2) is 45.6 Å². The second-order valence-corrected chi connectivity index (χ2v) is 9.34. The average Bonchev–Trinajstić information content (AvgIpc) is 2.60. The molecule has 29 heavy (non-hydrogen) atoms. The number of quaternary nitrogens is 1.